The summed E-state index contributed by atoms with van der Waals surface area (Å²) in [7, 11) is 0. The Kier molecular flexibility index (Phi) is 2.32. The van der Waals surface area contributed by atoms with Gasteiger partial charge in [0.25, 0.3) is 0 Å². The van der Waals surface area contributed by atoms with E-state index in [1.54, 1.807) is 6.20 Å². The maximum absolute atomic E-state index is 4.51. The van der Waals surface area contributed by atoms with Crippen LogP contribution in [0.1, 0.15) is 17.0 Å². The van der Waals surface area contributed by atoms with Gasteiger partial charge in [-0.2, -0.15) is 5.10 Å². The van der Waals surface area contributed by atoms with Crippen LogP contribution in [0.3, 0.4) is 0 Å². The van der Waals surface area contributed by atoms with E-state index in [9.17, 15) is 0 Å². The summed E-state index contributed by atoms with van der Waals surface area (Å²) in [6, 6.07) is 10.1. The number of hydrogen-bond acceptors (Lipinski definition) is 4. The van der Waals surface area contributed by atoms with E-state index in [4.69, 9.17) is 0 Å². The van der Waals surface area contributed by atoms with Crippen LogP contribution < -0.4 is 5.32 Å². The molecule has 0 spiro atoms. The second-order valence-electron chi connectivity index (χ2n) is 4.88. The van der Waals surface area contributed by atoms with Gasteiger partial charge in [0.05, 0.1) is 12.1 Å². The van der Waals surface area contributed by atoms with Crippen LogP contribution in [0.15, 0.2) is 41.5 Å². The molecule has 0 unspecified atom stereocenters. The Bertz CT molecular complexity index is 831. The molecule has 3 heterocycles. The van der Waals surface area contributed by atoms with Gasteiger partial charge < -0.3 is 5.32 Å². The molecule has 1 aliphatic rings. The number of H-pyrrole nitrogens is 1. The summed E-state index contributed by atoms with van der Waals surface area (Å²) in [5.74, 6) is 0.834. The first-order valence-electron chi connectivity index (χ1n) is 6.52. The summed E-state index contributed by atoms with van der Waals surface area (Å²) < 4.78 is 0. The number of nitrogens with zero attached hydrogens (tertiary/aromatic N) is 3. The predicted molar refractivity (Wildman–Crippen MR) is 78.9 cm³/mol. The molecule has 0 radical (unpaired) electrons. The number of aliphatic imine (C=N–C) groups is 1. The molecule has 98 valence electrons. The molecule has 5 nitrogen and oxygen atoms in total. The minimum absolute atomic E-state index is 0.693. The highest BCUT2D eigenvalue weighted by Crippen LogP contribution is 2.22. The average Bonchev–Trinajstić information content (AvgIpc) is 3.05. The van der Waals surface area contributed by atoms with Crippen LogP contribution in [0.5, 0.6) is 0 Å². The second-order valence-corrected chi connectivity index (χ2v) is 4.88. The number of pyridine rings is 1. The predicted octanol–water partition coefficient (Wildman–Crippen LogP) is 2.64. The average molecular weight is 263 g/mol. The normalized spacial score (nSPS) is 13.3. The topological polar surface area (TPSA) is 66.0 Å². The molecule has 3 aromatic rings. The van der Waals surface area contributed by atoms with Crippen molar-refractivity contribution in [2.75, 3.05) is 5.32 Å². The van der Waals surface area contributed by atoms with E-state index in [2.05, 4.69) is 37.6 Å². The molecule has 0 aliphatic carbocycles. The van der Waals surface area contributed by atoms with Gasteiger partial charge >= 0.3 is 0 Å². The van der Waals surface area contributed by atoms with E-state index in [0.717, 1.165) is 39.4 Å². The van der Waals surface area contributed by atoms with Crippen molar-refractivity contribution in [3.8, 4) is 0 Å². The second kappa shape index (κ2) is 4.16. The summed E-state index contributed by atoms with van der Waals surface area (Å²) in [6.07, 6.45) is 1.80. The van der Waals surface area contributed by atoms with Gasteiger partial charge in [-0.15, -0.1) is 0 Å². The Morgan fingerprint density at radius 3 is 3.15 bits per heavy atom. The van der Waals surface area contributed by atoms with Crippen molar-refractivity contribution in [1.29, 1.82) is 0 Å². The fourth-order valence-electron chi connectivity index (χ4n) is 2.47. The van der Waals surface area contributed by atoms with Crippen molar-refractivity contribution in [2.24, 2.45) is 4.99 Å². The van der Waals surface area contributed by atoms with Crippen molar-refractivity contribution in [1.82, 2.24) is 15.2 Å². The molecule has 0 fully saturated rings. The Balaban J connectivity index is 1.70. The van der Waals surface area contributed by atoms with Crippen LogP contribution in [0.2, 0.25) is 0 Å². The Labute approximate surface area is 115 Å². The fourth-order valence-corrected chi connectivity index (χ4v) is 2.47. The molecular weight excluding hydrogens is 250 g/mol. The van der Waals surface area contributed by atoms with Crippen molar-refractivity contribution in [3.05, 3.63) is 53.5 Å². The minimum atomic E-state index is 0.693. The molecule has 0 saturated heterocycles. The van der Waals surface area contributed by atoms with Gasteiger partial charge in [-0.1, -0.05) is 6.07 Å². The highest BCUT2D eigenvalue weighted by Gasteiger charge is 2.16. The fraction of sp³-hybridized carbons (Fsp3) is 0.133. The number of aromatic amines is 1. The molecule has 4 rings (SSSR count). The number of fused-ring (bicyclic) bond motifs is 2. The lowest BCUT2D eigenvalue weighted by Gasteiger charge is -2.07. The van der Waals surface area contributed by atoms with Crippen LogP contribution in [0.4, 0.5) is 5.69 Å². The van der Waals surface area contributed by atoms with Crippen LogP contribution in [0.25, 0.3) is 10.9 Å². The van der Waals surface area contributed by atoms with Gasteiger partial charge in [-0.3, -0.25) is 15.1 Å². The third-order valence-electron chi connectivity index (χ3n) is 3.53. The zero-order valence-electron chi connectivity index (χ0n) is 11.0. The van der Waals surface area contributed by atoms with Crippen molar-refractivity contribution in [3.63, 3.8) is 0 Å². The quantitative estimate of drug-likeness (QED) is 0.709. The SMILES string of the molecule is Cc1[nH]nc2ccc(NC3=NCc4cccnc43)cc12. The molecule has 20 heavy (non-hydrogen) atoms. The van der Waals surface area contributed by atoms with E-state index in [1.807, 2.05) is 25.1 Å². The largest absolute Gasteiger partial charge is 0.339 e. The van der Waals surface area contributed by atoms with E-state index in [-0.39, 0.29) is 0 Å². The third kappa shape index (κ3) is 1.67. The Morgan fingerprint density at radius 1 is 1.25 bits per heavy atom. The van der Waals surface area contributed by atoms with Gasteiger partial charge in [-0.05, 0) is 31.2 Å². The first-order valence-corrected chi connectivity index (χ1v) is 6.52. The lowest BCUT2D eigenvalue weighted by atomic mass is 10.2. The number of rotatable bonds is 1. The molecule has 1 aliphatic heterocycles. The van der Waals surface area contributed by atoms with Crippen LogP contribution in [0, 0.1) is 6.92 Å². The molecule has 1 aromatic carbocycles. The number of amidine groups is 1. The summed E-state index contributed by atoms with van der Waals surface area (Å²) >= 11 is 0. The zero-order valence-corrected chi connectivity index (χ0v) is 11.0. The molecule has 0 saturated carbocycles. The molecule has 0 amide bonds. The van der Waals surface area contributed by atoms with Gasteiger partial charge in [0.15, 0.2) is 5.84 Å². The monoisotopic (exact) mass is 263 g/mol. The first-order chi connectivity index (χ1) is 9.81. The van der Waals surface area contributed by atoms with Crippen molar-refractivity contribution in [2.45, 2.75) is 13.5 Å². The Hall–Kier alpha value is -2.69. The lowest BCUT2D eigenvalue weighted by Crippen LogP contribution is -2.12. The smallest absolute Gasteiger partial charge is 0.152 e. The maximum atomic E-state index is 4.51. The lowest BCUT2D eigenvalue weighted by molar-refractivity contribution is 1.07. The van der Waals surface area contributed by atoms with Gasteiger partial charge in [0, 0.05) is 28.5 Å². The van der Waals surface area contributed by atoms with E-state index in [0.29, 0.717) is 6.54 Å². The van der Waals surface area contributed by atoms with Crippen LogP contribution >= 0.6 is 0 Å². The molecule has 2 N–H and O–H groups in total. The zero-order chi connectivity index (χ0) is 13.5. The summed E-state index contributed by atoms with van der Waals surface area (Å²) in [6.45, 7) is 2.71. The highest BCUT2D eigenvalue weighted by atomic mass is 15.1. The number of aromatic nitrogens is 3. The number of benzene rings is 1. The van der Waals surface area contributed by atoms with E-state index < -0.39 is 0 Å². The van der Waals surface area contributed by atoms with E-state index >= 15 is 0 Å². The number of hydrogen-bond donors (Lipinski definition) is 2. The van der Waals surface area contributed by atoms with Crippen LogP contribution in [-0.4, -0.2) is 21.0 Å². The molecule has 0 atom stereocenters. The number of nitrogens with one attached hydrogen (secondary N) is 2. The molecule has 0 bridgehead atoms. The minimum Gasteiger partial charge on any atom is -0.339 e. The summed E-state index contributed by atoms with van der Waals surface area (Å²) in [4.78, 5) is 8.90. The maximum Gasteiger partial charge on any atom is 0.152 e. The number of aryl methyl sites for hydroxylation is 1. The van der Waals surface area contributed by atoms with Gasteiger partial charge in [0.1, 0.15) is 5.69 Å². The molecule has 5 heteroatoms. The van der Waals surface area contributed by atoms with Crippen molar-refractivity contribution < 1.29 is 0 Å². The Morgan fingerprint density at radius 2 is 2.20 bits per heavy atom. The van der Waals surface area contributed by atoms with Crippen molar-refractivity contribution >= 4 is 22.4 Å². The van der Waals surface area contributed by atoms with E-state index in [1.165, 1.54) is 0 Å². The summed E-state index contributed by atoms with van der Waals surface area (Å²) in [5.41, 5.74) is 5.14. The number of anilines is 1. The standard InChI is InChI=1S/C15H13N5/c1-9-12-7-11(4-5-13(12)20-19-9)18-15-14-10(8-17-15)3-2-6-16-14/h2-7H,8H2,1H3,(H,17,18)(H,19,20). The van der Waals surface area contributed by atoms with Gasteiger partial charge in [0.2, 0.25) is 0 Å². The van der Waals surface area contributed by atoms with Gasteiger partial charge in [-0.25, -0.2) is 0 Å². The molecule has 2 aromatic heterocycles. The first kappa shape index (κ1) is 11.2. The molecular formula is C15H13N5. The summed E-state index contributed by atoms with van der Waals surface area (Å²) in [5, 5.41) is 11.7. The highest BCUT2D eigenvalue weighted by molar-refractivity contribution is 6.09. The third-order valence-corrected chi connectivity index (χ3v) is 3.53. The van der Waals surface area contributed by atoms with Crippen LogP contribution in [-0.2, 0) is 6.54 Å².